The summed E-state index contributed by atoms with van der Waals surface area (Å²) in [7, 11) is 3.04. The first-order valence-electron chi connectivity index (χ1n) is 27.0. The molecule has 7 atom stereocenters. The van der Waals surface area contributed by atoms with E-state index in [4.69, 9.17) is 0 Å². The van der Waals surface area contributed by atoms with Crippen molar-refractivity contribution in [2.75, 3.05) is 20.6 Å². The molecular formula is C61H77N9O7. The third-order valence-corrected chi connectivity index (χ3v) is 15.0. The van der Waals surface area contributed by atoms with Gasteiger partial charge in [-0.15, -0.1) is 6.58 Å². The Balaban J connectivity index is 1.38. The number of fused-ring (bicyclic) bond motifs is 4. The van der Waals surface area contributed by atoms with Crippen LogP contribution in [0.15, 0.2) is 122 Å². The van der Waals surface area contributed by atoms with Gasteiger partial charge in [-0.1, -0.05) is 107 Å². The van der Waals surface area contributed by atoms with Gasteiger partial charge in [0.15, 0.2) is 0 Å². The lowest BCUT2D eigenvalue weighted by Gasteiger charge is -2.38. The zero-order valence-corrected chi connectivity index (χ0v) is 46.1. The molecule has 1 saturated heterocycles. The van der Waals surface area contributed by atoms with Gasteiger partial charge in [0.2, 0.25) is 41.4 Å². The number of benzene rings is 3. The van der Waals surface area contributed by atoms with Gasteiger partial charge >= 0.3 is 0 Å². The summed E-state index contributed by atoms with van der Waals surface area (Å²) in [5.41, 5.74) is 3.26. The van der Waals surface area contributed by atoms with Gasteiger partial charge in [-0.2, -0.15) is 0 Å². The Morgan fingerprint density at radius 2 is 1.29 bits per heavy atom. The van der Waals surface area contributed by atoms with E-state index in [0.29, 0.717) is 12.0 Å². The minimum Gasteiger partial charge on any atom is -0.343 e. The summed E-state index contributed by atoms with van der Waals surface area (Å²) in [6.07, 6.45) is 10.3. The fraction of sp³-hybridized carbons (Fsp3) is 0.443. The number of aromatic nitrogens is 2. The van der Waals surface area contributed by atoms with Crippen LogP contribution in [-0.4, -0.2) is 129 Å². The molecule has 2 aliphatic rings. The van der Waals surface area contributed by atoms with Crippen LogP contribution in [0.4, 0.5) is 0 Å². The first-order valence-corrected chi connectivity index (χ1v) is 27.0. The highest BCUT2D eigenvalue weighted by atomic mass is 16.2. The monoisotopic (exact) mass is 1050 g/mol. The maximum absolute atomic E-state index is 15.6. The fourth-order valence-electron chi connectivity index (χ4n) is 10.5. The summed E-state index contributed by atoms with van der Waals surface area (Å²) in [6.45, 7) is 17.6. The van der Waals surface area contributed by atoms with E-state index in [0.717, 1.165) is 32.9 Å². The average molecular weight is 1050 g/mol. The molecule has 4 heterocycles. The number of para-hydroxylation sites is 1. The second-order valence-corrected chi connectivity index (χ2v) is 22.2. The fourth-order valence-corrected chi connectivity index (χ4v) is 10.5. The van der Waals surface area contributed by atoms with Gasteiger partial charge in [-0.25, -0.2) is 0 Å². The van der Waals surface area contributed by atoms with Crippen LogP contribution in [0.1, 0.15) is 90.8 Å². The van der Waals surface area contributed by atoms with Gasteiger partial charge < -0.3 is 40.5 Å². The number of carbonyl (C=O) groups is 7. The first kappa shape index (κ1) is 57.1. The summed E-state index contributed by atoms with van der Waals surface area (Å²) < 4.78 is 2.08. The van der Waals surface area contributed by atoms with Gasteiger partial charge in [0.05, 0.1) is 11.1 Å². The molecule has 2 aromatic heterocycles. The van der Waals surface area contributed by atoms with E-state index in [-0.39, 0.29) is 56.9 Å². The molecule has 2 bridgehead atoms. The van der Waals surface area contributed by atoms with Crippen LogP contribution in [0.2, 0.25) is 0 Å². The third-order valence-electron chi connectivity index (χ3n) is 15.0. The molecule has 7 rings (SSSR count). The molecule has 0 aliphatic carbocycles. The van der Waals surface area contributed by atoms with Crippen molar-refractivity contribution in [2.24, 2.45) is 11.8 Å². The number of rotatable bonds is 12. The van der Waals surface area contributed by atoms with E-state index in [1.54, 1.807) is 6.20 Å². The van der Waals surface area contributed by atoms with E-state index in [9.17, 15) is 9.59 Å². The standard InChI is InChI=1S/C61H77N9O7/c1-11-61(7,8)70-37-44(45-24-17-18-25-50(45)70)36-49-59(76)68(10)52(31-38(2)3)56(73)64-48(35-42-27-28-46-43(33-42)23-20-29-62-46)54(71)63-40(6)58(75)67(9)51-26-16-13-19-30-69(60(51)77)53(32-39(4)5)57(74)65-47(55(72)66-49)34-41-21-14-12-15-22-41/h11-18,20-25,27-29,33,37-40,47-49,51-53H,1,19,26,30-32,34-36H2,2-10H3,(H,63,71)(H,64,73)(H,65,74)(H,66,72)/b16-13-/t40-,47-,48-,49-,51-,52-,53-/m0/s1. The zero-order chi connectivity index (χ0) is 55.7. The third kappa shape index (κ3) is 13.7. The Morgan fingerprint density at radius 1 is 0.662 bits per heavy atom. The molecule has 5 aromatic rings. The van der Waals surface area contributed by atoms with E-state index < -0.39 is 89.2 Å². The zero-order valence-electron chi connectivity index (χ0n) is 46.1. The molecule has 0 saturated carbocycles. The van der Waals surface area contributed by atoms with Gasteiger partial charge in [0, 0.05) is 68.6 Å². The van der Waals surface area contributed by atoms with Crippen molar-refractivity contribution in [3.63, 3.8) is 0 Å². The van der Waals surface area contributed by atoms with Crippen molar-refractivity contribution in [3.05, 3.63) is 139 Å². The summed E-state index contributed by atoms with van der Waals surface area (Å²) in [4.78, 5) is 114. The Kier molecular flexibility index (Phi) is 18.6. The molecule has 0 unspecified atom stereocenters. The van der Waals surface area contributed by atoms with Crippen molar-refractivity contribution >= 4 is 63.2 Å². The molecule has 1 fully saturated rings. The molecule has 77 heavy (non-hydrogen) atoms. The molecule has 408 valence electrons. The molecule has 0 radical (unpaired) electrons. The number of pyridine rings is 1. The van der Waals surface area contributed by atoms with Crippen LogP contribution in [0.3, 0.4) is 0 Å². The lowest BCUT2D eigenvalue weighted by molar-refractivity contribution is -0.150. The largest absolute Gasteiger partial charge is 0.343 e. The normalized spacial score (nSPS) is 23.5. The number of allylic oxidation sites excluding steroid dienone is 1. The molecule has 0 spiro atoms. The average Bonchev–Trinajstić information content (AvgIpc) is 3.84. The summed E-state index contributed by atoms with van der Waals surface area (Å²) in [6, 6.07) is 18.1. The Labute approximate surface area is 453 Å². The quantitative estimate of drug-likeness (QED) is 0.103. The predicted molar refractivity (Wildman–Crippen MR) is 300 cm³/mol. The second kappa shape index (κ2) is 25.0. The van der Waals surface area contributed by atoms with Crippen molar-refractivity contribution in [1.29, 1.82) is 0 Å². The van der Waals surface area contributed by atoms with Crippen molar-refractivity contribution < 1.29 is 33.6 Å². The van der Waals surface area contributed by atoms with Crippen molar-refractivity contribution in [3.8, 4) is 0 Å². The number of hydrogen-bond acceptors (Lipinski definition) is 8. The highest BCUT2D eigenvalue weighted by Crippen LogP contribution is 2.30. The van der Waals surface area contributed by atoms with Crippen molar-refractivity contribution in [2.45, 2.75) is 141 Å². The Bertz CT molecular complexity index is 3000. The minimum absolute atomic E-state index is 0.00782. The summed E-state index contributed by atoms with van der Waals surface area (Å²) in [5.74, 6) is -4.30. The molecule has 2 aliphatic heterocycles. The van der Waals surface area contributed by atoms with Crippen molar-refractivity contribution in [1.82, 2.24) is 45.5 Å². The number of amides is 7. The maximum Gasteiger partial charge on any atom is 0.246 e. The van der Waals surface area contributed by atoms with Gasteiger partial charge in [-0.05, 0) is 99.2 Å². The molecule has 3 aromatic carbocycles. The molecule has 4 N–H and O–H groups in total. The van der Waals surface area contributed by atoms with E-state index in [1.807, 2.05) is 151 Å². The van der Waals surface area contributed by atoms with E-state index >= 15 is 24.0 Å². The molecule has 7 amide bonds. The second-order valence-electron chi connectivity index (χ2n) is 22.2. The maximum atomic E-state index is 15.6. The number of nitrogens with one attached hydrogen (secondary N) is 4. The number of nitrogens with zero attached hydrogens (tertiary/aromatic N) is 5. The van der Waals surface area contributed by atoms with Gasteiger partial charge in [0.25, 0.3) is 0 Å². The van der Waals surface area contributed by atoms with E-state index in [2.05, 4.69) is 37.4 Å². The van der Waals surface area contributed by atoms with Crippen LogP contribution < -0.4 is 21.3 Å². The smallest absolute Gasteiger partial charge is 0.246 e. The Hall–Kier alpha value is -7.62. The van der Waals surface area contributed by atoms with Crippen LogP contribution in [0, 0.1) is 11.8 Å². The lowest BCUT2D eigenvalue weighted by Crippen LogP contribution is -2.61. The number of carbonyl (C=O) groups excluding carboxylic acids is 7. The SMILES string of the molecule is C=CC(C)(C)n1cc(C[C@@H]2NC(=O)[C@H](Cc3ccccc3)NC(=O)[C@H](CC(C)C)N3CC/C=C\C[C@@H](C3=O)N(C)C(=O)[C@H](C)NC(=O)[C@H](Cc3ccc4ncccc4c3)NC(=O)[C@H](CC(C)C)N(C)C2=O)c2ccccc21. The predicted octanol–water partition coefficient (Wildman–Crippen LogP) is 6.40. The lowest BCUT2D eigenvalue weighted by atomic mass is 9.97. The Morgan fingerprint density at radius 3 is 1.97 bits per heavy atom. The van der Waals surface area contributed by atoms with Crippen LogP contribution in [-0.2, 0) is 58.4 Å². The molecular weight excluding hydrogens is 971 g/mol. The van der Waals surface area contributed by atoms with Gasteiger partial charge in [-0.3, -0.25) is 38.5 Å². The summed E-state index contributed by atoms with van der Waals surface area (Å²) >= 11 is 0. The highest BCUT2D eigenvalue weighted by molar-refractivity contribution is 5.99. The van der Waals surface area contributed by atoms with Crippen LogP contribution >= 0.6 is 0 Å². The van der Waals surface area contributed by atoms with Crippen LogP contribution in [0.25, 0.3) is 21.8 Å². The first-order chi connectivity index (χ1) is 36.7. The molecule has 16 heteroatoms. The highest BCUT2D eigenvalue weighted by Gasteiger charge is 2.41. The van der Waals surface area contributed by atoms with E-state index in [1.165, 1.54) is 35.7 Å². The number of likely N-dealkylation sites (N-methyl/N-ethyl adjacent to an activating group) is 2. The minimum atomic E-state index is -1.28. The van der Waals surface area contributed by atoms with Gasteiger partial charge in [0.1, 0.15) is 42.3 Å². The topological polar surface area (TPSA) is 195 Å². The van der Waals surface area contributed by atoms with Crippen LogP contribution in [0.5, 0.6) is 0 Å². The molecule has 16 nitrogen and oxygen atoms in total. The summed E-state index contributed by atoms with van der Waals surface area (Å²) in [5, 5.41) is 13.6. The number of hydrogen-bond donors (Lipinski definition) is 4.